The van der Waals surface area contributed by atoms with Gasteiger partial charge >= 0.3 is 0 Å². The molecule has 1 aliphatic heterocycles. The SMILES string of the molecule is CCN1CCN(NCCCc2ccc(OC)cc2)CC1c1ccccc1. The molecule has 1 aliphatic rings. The van der Waals surface area contributed by atoms with Crippen LogP contribution in [0.25, 0.3) is 0 Å². The van der Waals surface area contributed by atoms with Gasteiger partial charge in [-0.15, -0.1) is 0 Å². The summed E-state index contributed by atoms with van der Waals surface area (Å²) in [5, 5.41) is 2.40. The van der Waals surface area contributed by atoms with Gasteiger partial charge in [-0.1, -0.05) is 49.4 Å². The normalized spacial score (nSPS) is 18.8. The number of aryl methyl sites for hydroxylation is 1. The van der Waals surface area contributed by atoms with Crippen LogP contribution >= 0.6 is 0 Å². The van der Waals surface area contributed by atoms with Crippen molar-refractivity contribution in [2.24, 2.45) is 0 Å². The van der Waals surface area contributed by atoms with Crippen molar-refractivity contribution in [1.29, 1.82) is 0 Å². The van der Waals surface area contributed by atoms with E-state index in [0.29, 0.717) is 6.04 Å². The maximum Gasteiger partial charge on any atom is 0.118 e. The number of likely N-dealkylation sites (N-methyl/N-ethyl adjacent to an activating group) is 1. The zero-order valence-electron chi connectivity index (χ0n) is 16.0. The molecule has 1 saturated heterocycles. The topological polar surface area (TPSA) is 27.7 Å². The van der Waals surface area contributed by atoms with Crippen molar-refractivity contribution in [3.8, 4) is 5.75 Å². The number of hydrogen-bond donors (Lipinski definition) is 1. The van der Waals surface area contributed by atoms with Gasteiger partial charge in [-0.05, 0) is 42.6 Å². The molecule has 0 aliphatic carbocycles. The third-order valence-corrected chi connectivity index (χ3v) is 5.22. The first-order valence-corrected chi connectivity index (χ1v) is 9.70. The first-order valence-electron chi connectivity index (χ1n) is 9.70. The maximum absolute atomic E-state index is 5.22. The van der Waals surface area contributed by atoms with E-state index < -0.39 is 0 Å². The Morgan fingerprint density at radius 2 is 1.81 bits per heavy atom. The van der Waals surface area contributed by atoms with Crippen molar-refractivity contribution in [2.75, 3.05) is 39.8 Å². The molecule has 4 heteroatoms. The molecule has 1 unspecified atom stereocenters. The van der Waals surface area contributed by atoms with Gasteiger partial charge in [0.15, 0.2) is 0 Å². The Morgan fingerprint density at radius 1 is 1.04 bits per heavy atom. The molecular formula is C22H31N3O. The highest BCUT2D eigenvalue weighted by molar-refractivity contribution is 5.27. The van der Waals surface area contributed by atoms with Crippen molar-refractivity contribution < 1.29 is 4.74 Å². The predicted octanol–water partition coefficient (Wildman–Crippen LogP) is 3.51. The Balaban J connectivity index is 1.46. The second-order valence-electron chi connectivity index (χ2n) is 6.86. The highest BCUT2D eigenvalue weighted by Crippen LogP contribution is 2.24. The summed E-state index contributed by atoms with van der Waals surface area (Å²) in [7, 11) is 1.71. The van der Waals surface area contributed by atoms with Gasteiger partial charge < -0.3 is 4.74 Å². The Hall–Kier alpha value is -1.88. The summed E-state index contributed by atoms with van der Waals surface area (Å²) in [5.74, 6) is 0.924. The van der Waals surface area contributed by atoms with Crippen molar-refractivity contribution in [1.82, 2.24) is 15.3 Å². The van der Waals surface area contributed by atoms with Crippen LogP contribution in [0.1, 0.15) is 30.5 Å². The molecule has 2 aromatic carbocycles. The third-order valence-electron chi connectivity index (χ3n) is 5.22. The molecule has 4 nitrogen and oxygen atoms in total. The lowest BCUT2D eigenvalue weighted by molar-refractivity contribution is 0.0447. The number of nitrogens with zero attached hydrogens (tertiary/aromatic N) is 2. The molecule has 1 N–H and O–H groups in total. The Kier molecular flexibility index (Phi) is 7.06. The predicted molar refractivity (Wildman–Crippen MR) is 107 cm³/mol. The van der Waals surface area contributed by atoms with Crippen LogP contribution in [0.15, 0.2) is 54.6 Å². The van der Waals surface area contributed by atoms with Crippen LogP contribution in [0.3, 0.4) is 0 Å². The second kappa shape index (κ2) is 9.72. The molecule has 26 heavy (non-hydrogen) atoms. The second-order valence-corrected chi connectivity index (χ2v) is 6.86. The van der Waals surface area contributed by atoms with E-state index in [2.05, 4.69) is 64.7 Å². The molecule has 0 aromatic heterocycles. The van der Waals surface area contributed by atoms with Crippen molar-refractivity contribution >= 4 is 0 Å². The largest absolute Gasteiger partial charge is 0.497 e. The molecule has 0 spiro atoms. The van der Waals surface area contributed by atoms with Gasteiger partial charge in [0, 0.05) is 32.2 Å². The zero-order chi connectivity index (χ0) is 18.2. The summed E-state index contributed by atoms with van der Waals surface area (Å²) in [6, 6.07) is 19.8. The number of nitrogens with one attached hydrogen (secondary N) is 1. The Labute approximate surface area is 157 Å². The van der Waals surface area contributed by atoms with Crippen LogP contribution in [0.5, 0.6) is 5.75 Å². The summed E-state index contributed by atoms with van der Waals surface area (Å²) >= 11 is 0. The van der Waals surface area contributed by atoms with E-state index in [4.69, 9.17) is 4.74 Å². The van der Waals surface area contributed by atoms with Crippen LogP contribution < -0.4 is 10.2 Å². The molecule has 1 heterocycles. The molecule has 2 aromatic rings. The molecule has 1 fully saturated rings. The third kappa shape index (κ3) is 5.07. The lowest BCUT2D eigenvalue weighted by Crippen LogP contribution is -2.53. The van der Waals surface area contributed by atoms with Gasteiger partial charge in [0.05, 0.1) is 7.11 Å². The molecule has 1 atom stereocenters. The summed E-state index contributed by atoms with van der Waals surface area (Å²) in [6.45, 7) is 7.61. The minimum Gasteiger partial charge on any atom is -0.497 e. The monoisotopic (exact) mass is 353 g/mol. The quantitative estimate of drug-likeness (QED) is 0.735. The van der Waals surface area contributed by atoms with Crippen LogP contribution in [-0.2, 0) is 6.42 Å². The van der Waals surface area contributed by atoms with Crippen molar-refractivity contribution in [3.63, 3.8) is 0 Å². The van der Waals surface area contributed by atoms with E-state index in [1.165, 1.54) is 11.1 Å². The summed E-state index contributed by atoms with van der Waals surface area (Å²) in [4.78, 5) is 2.57. The summed E-state index contributed by atoms with van der Waals surface area (Å²) in [6.07, 6.45) is 2.23. The minimum atomic E-state index is 0.476. The summed E-state index contributed by atoms with van der Waals surface area (Å²) < 4.78 is 5.22. The van der Waals surface area contributed by atoms with Gasteiger partial charge in [-0.3, -0.25) is 10.3 Å². The molecule has 0 amide bonds. The molecule has 140 valence electrons. The lowest BCUT2D eigenvalue weighted by atomic mass is 10.0. The van der Waals surface area contributed by atoms with Crippen molar-refractivity contribution in [3.05, 3.63) is 65.7 Å². The number of hydrogen-bond acceptors (Lipinski definition) is 4. The van der Waals surface area contributed by atoms with Crippen molar-refractivity contribution in [2.45, 2.75) is 25.8 Å². The number of rotatable bonds is 8. The molecule has 0 radical (unpaired) electrons. The molecule has 0 bridgehead atoms. The van der Waals surface area contributed by atoms with Crippen LogP contribution in [0.4, 0.5) is 0 Å². The van der Waals surface area contributed by atoms with Crippen LogP contribution in [0.2, 0.25) is 0 Å². The highest BCUT2D eigenvalue weighted by Gasteiger charge is 2.26. The molecular weight excluding hydrogens is 322 g/mol. The number of ether oxygens (including phenoxy) is 1. The fraction of sp³-hybridized carbons (Fsp3) is 0.455. The van der Waals surface area contributed by atoms with Crippen LogP contribution in [0, 0.1) is 0 Å². The smallest absolute Gasteiger partial charge is 0.118 e. The van der Waals surface area contributed by atoms with Gasteiger partial charge in [-0.25, -0.2) is 5.01 Å². The lowest BCUT2D eigenvalue weighted by Gasteiger charge is -2.41. The maximum atomic E-state index is 5.22. The standard InChI is InChI=1S/C22H31N3O/c1-3-24-16-17-25(18-22(24)20-9-5-4-6-10-20)23-15-7-8-19-11-13-21(26-2)14-12-19/h4-6,9-14,22-23H,3,7-8,15-18H2,1-2H3. The van der Waals surface area contributed by atoms with E-state index in [1.54, 1.807) is 7.11 Å². The molecule has 0 saturated carbocycles. The number of methoxy groups -OCH3 is 1. The first-order chi connectivity index (χ1) is 12.8. The van der Waals surface area contributed by atoms with E-state index in [-0.39, 0.29) is 0 Å². The Morgan fingerprint density at radius 3 is 2.50 bits per heavy atom. The van der Waals surface area contributed by atoms with E-state index in [0.717, 1.165) is 51.3 Å². The van der Waals surface area contributed by atoms with Crippen LogP contribution in [-0.4, -0.2) is 49.7 Å². The fourth-order valence-corrected chi connectivity index (χ4v) is 3.66. The van der Waals surface area contributed by atoms with Gasteiger partial charge in [0.2, 0.25) is 0 Å². The average Bonchev–Trinajstić information content (AvgIpc) is 2.72. The molecule has 3 rings (SSSR count). The van der Waals surface area contributed by atoms with Gasteiger partial charge in [-0.2, -0.15) is 0 Å². The number of piperazine rings is 1. The van der Waals surface area contributed by atoms with E-state index in [9.17, 15) is 0 Å². The van der Waals surface area contributed by atoms with E-state index >= 15 is 0 Å². The fourth-order valence-electron chi connectivity index (χ4n) is 3.66. The summed E-state index contributed by atoms with van der Waals surface area (Å²) in [5.41, 5.74) is 6.42. The number of hydrazine groups is 1. The average molecular weight is 354 g/mol. The van der Waals surface area contributed by atoms with Gasteiger partial charge in [0.1, 0.15) is 5.75 Å². The zero-order valence-corrected chi connectivity index (χ0v) is 16.0. The van der Waals surface area contributed by atoms with E-state index in [1.807, 2.05) is 12.1 Å². The minimum absolute atomic E-state index is 0.476. The number of benzene rings is 2. The Bertz CT molecular complexity index is 644. The highest BCUT2D eigenvalue weighted by atomic mass is 16.5. The first kappa shape index (κ1) is 18.9. The van der Waals surface area contributed by atoms with Gasteiger partial charge in [0.25, 0.3) is 0 Å².